The fourth-order valence-corrected chi connectivity index (χ4v) is 1.40. The van der Waals surface area contributed by atoms with Crippen LogP contribution in [0.5, 0.6) is 0 Å². The second-order valence-corrected chi connectivity index (χ2v) is 3.85. The van der Waals surface area contributed by atoms with E-state index in [1.54, 1.807) is 20.8 Å². The lowest BCUT2D eigenvalue weighted by Crippen LogP contribution is -2.16. The minimum Gasteiger partial charge on any atom is -0.204 e. The van der Waals surface area contributed by atoms with Crippen LogP contribution in [0.3, 0.4) is 0 Å². The molecule has 0 fully saturated rings. The van der Waals surface area contributed by atoms with Crippen LogP contribution in [0.1, 0.15) is 25.0 Å². The molecule has 14 heavy (non-hydrogen) atoms. The summed E-state index contributed by atoms with van der Waals surface area (Å²) in [4.78, 5) is 0. The smallest absolute Gasteiger partial charge is 0.159 e. The van der Waals surface area contributed by atoms with Gasteiger partial charge in [0.05, 0.1) is 5.41 Å². The SMILES string of the molecule is C#CC(C)(C)c1cc(F)c(F)cc1C. The molecule has 0 heterocycles. The summed E-state index contributed by atoms with van der Waals surface area (Å²) in [6, 6.07) is 2.34. The summed E-state index contributed by atoms with van der Waals surface area (Å²) >= 11 is 0. The van der Waals surface area contributed by atoms with E-state index in [0.29, 0.717) is 11.1 Å². The van der Waals surface area contributed by atoms with Gasteiger partial charge in [0.25, 0.3) is 0 Å². The third kappa shape index (κ3) is 1.77. The number of rotatable bonds is 1. The Morgan fingerprint density at radius 3 is 2.21 bits per heavy atom. The lowest BCUT2D eigenvalue weighted by atomic mass is 9.83. The number of hydrogen-bond acceptors (Lipinski definition) is 0. The quantitative estimate of drug-likeness (QED) is 0.602. The van der Waals surface area contributed by atoms with Crippen molar-refractivity contribution in [3.8, 4) is 12.3 Å². The molecule has 0 spiro atoms. The van der Waals surface area contributed by atoms with Gasteiger partial charge in [0.15, 0.2) is 11.6 Å². The Balaban J connectivity index is 3.38. The van der Waals surface area contributed by atoms with Gasteiger partial charge in [-0.15, -0.1) is 6.42 Å². The summed E-state index contributed by atoms with van der Waals surface area (Å²) in [7, 11) is 0. The standard InChI is InChI=1S/C12H12F2/c1-5-12(3,4)9-7-11(14)10(13)6-8(9)2/h1,6-7H,2-4H3. The van der Waals surface area contributed by atoms with Crippen LogP contribution in [0.25, 0.3) is 0 Å². The van der Waals surface area contributed by atoms with Crippen molar-refractivity contribution in [2.45, 2.75) is 26.2 Å². The summed E-state index contributed by atoms with van der Waals surface area (Å²) in [5.74, 6) is 0.869. The maximum atomic E-state index is 13.0. The first-order chi connectivity index (χ1) is 6.38. The molecule has 2 heteroatoms. The van der Waals surface area contributed by atoms with E-state index in [1.807, 2.05) is 0 Å². The van der Waals surface area contributed by atoms with Crippen LogP contribution in [0.4, 0.5) is 8.78 Å². The minimum atomic E-state index is -0.853. The molecule has 0 amide bonds. The van der Waals surface area contributed by atoms with E-state index in [-0.39, 0.29) is 0 Å². The lowest BCUT2D eigenvalue weighted by molar-refractivity contribution is 0.502. The van der Waals surface area contributed by atoms with E-state index >= 15 is 0 Å². The Labute approximate surface area is 83.0 Å². The summed E-state index contributed by atoms with van der Waals surface area (Å²) in [5.41, 5.74) is 0.754. The Morgan fingerprint density at radius 1 is 1.21 bits per heavy atom. The van der Waals surface area contributed by atoms with Crippen LogP contribution in [-0.2, 0) is 5.41 Å². The average molecular weight is 194 g/mol. The van der Waals surface area contributed by atoms with E-state index < -0.39 is 17.0 Å². The minimum absolute atomic E-state index is 0.571. The number of terminal acetylenes is 1. The fourth-order valence-electron chi connectivity index (χ4n) is 1.40. The van der Waals surface area contributed by atoms with Gasteiger partial charge in [-0.2, -0.15) is 0 Å². The van der Waals surface area contributed by atoms with Crippen LogP contribution in [0.2, 0.25) is 0 Å². The van der Waals surface area contributed by atoms with E-state index in [1.165, 1.54) is 12.1 Å². The van der Waals surface area contributed by atoms with Crippen molar-refractivity contribution >= 4 is 0 Å². The van der Waals surface area contributed by atoms with E-state index in [9.17, 15) is 8.78 Å². The van der Waals surface area contributed by atoms with Gasteiger partial charge in [-0.05, 0) is 44.0 Å². The molecule has 0 saturated carbocycles. The van der Waals surface area contributed by atoms with Gasteiger partial charge in [-0.3, -0.25) is 0 Å². The summed E-state index contributed by atoms with van der Waals surface area (Å²) in [5, 5.41) is 0. The maximum absolute atomic E-state index is 13.0. The molecule has 1 rings (SSSR count). The molecule has 1 aromatic rings. The second kappa shape index (κ2) is 3.42. The molecule has 0 bridgehead atoms. The predicted octanol–water partition coefficient (Wildman–Crippen LogP) is 3.18. The molecule has 0 atom stereocenters. The third-order valence-electron chi connectivity index (χ3n) is 2.30. The Hall–Kier alpha value is -1.36. The third-order valence-corrected chi connectivity index (χ3v) is 2.30. The molecule has 0 saturated heterocycles. The number of hydrogen-bond donors (Lipinski definition) is 0. The average Bonchev–Trinajstić information content (AvgIpc) is 2.11. The predicted molar refractivity (Wildman–Crippen MR) is 53.0 cm³/mol. The van der Waals surface area contributed by atoms with Crippen molar-refractivity contribution in [1.82, 2.24) is 0 Å². The normalized spacial score (nSPS) is 11.1. The molecule has 0 aromatic heterocycles. The Bertz CT molecular complexity index is 398. The molecule has 0 aliphatic rings. The number of aryl methyl sites for hydroxylation is 1. The molecule has 74 valence electrons. The summed E-state index contributed by atoms with van der Waals surface area (Å²) in [6.07, 6.45) is 5.33. The van der Waals surface area contributed by atoms with E-state index in [0.717, 1.165) is 0 Å². The van der Waals surface area contributed by atoms with Crippen molar-refractivity contribution in [2.75, 3.05) is 0 Å². The van der Waals surface area contributed by atoms with Gasteiger partial charge in [-0.25, -0.2) is 8.78 Å². The molecule has 0 aliphatic carbocycles. The zero-order chi connectivity index (χ0) is 10.9. The number of halogens is 2. The van der Waals surface area contributed by atoms with Gasteiger partial charge in [0.2, 0.25) is 0 Å². The lowest BCUT2D eigenvalue weighted by Gasteiger charge is -2.20. The monoisotopic (exact) mass is 194 g/mol. The van der Waals surface area contributed by atoms with E-state index in [2.05, 4.69) is 5.92 Å². The second-order valence-electron chi connectivity index (χ2n) is 3.85. The first-order valence-electron chi connectivity index (χ1n) is 4.32. The zero-order valence-electron chi connectivity index (χ0n) is 8.49. The van der Waals surface area contributed by atoms with E-state index in [4.69, 9.17) is 6.42 Å². The highest BCUT2D eigenvalue weighted by molar-refractivity contribution is 5.38. The maximum Gasteiger partial charge on any atom is 0.159 e. The Kier molecular flexibility index (Phi) is 2.62. The van der Waals surface area contributed by atoms with Gasteiger partial charge in [-0.1, -0.05) is 5.92 Å². The van der Waals surface area contributed by atoms with Gasteiger partial charge >= 0.3 is 0 Å². The molecule has 0 unspecified atom stereocenters. The van der Waals surface area contributed by atoms with Crippen LogP contribution in [0, 0.1) is 30.9 Å². The highest BCUT2D eigenvalue weighted by Gasteiger charge is 2.21. The van der Waals surface area contributed by atoms with Gasteiger partial charge in [0.1, 0.15) is 0 Å². The van der Waals surface area contributed by atoms with Crippen LogP contribution < -0.4 is 0 Å². The van der Waals surface area contributed by atoms with Crippen molar-refractivity contribution < 1.29 is 8.78 Å². The fraction of sp³-hybridized carbons (Fsp3) is 0.333. The topological polar surface area (TPSA) is 0 Å². The highest BCUT2D eigenvalue weighted by atomic mass is 19.2. The van der Waals surface area contributed by atoms with Crippen LogP contribution in [-0.4, -0.2) is 0 Å². The molecular formula is C12H12F2. The van der Waals surface area contributed by atoms with Crippen molar-refractivity contribution in [3.05, 3.63) is 34.9 Å². The van der Waals surface area contributed by atoms with Crippen molar-refractivity contribution in [1.29, 1.82) is 0 Å². The molecule has 0 radical (unpaired) electrons. The first-order valence-corrected chi connectivity index (χ1v) is 4.32. The number of benzene rings is 1. The van der Waals surface area contributed by atoms with Gasteiger partial charge in [0, 0.05) is 0 Å². The molecule has 0 nitrogen and oxygen atoms in total. The van der Waals surface area contributed by atoms with Crippen LogP contribution >= 0.6 is 0 Å². The van der Waals surface area contributed by atoms with Gasteiger partial charge < -0.3 is 0 Å². The zero-order valence-corrected chi connectivity index (χ0v) is 8.49. The summed E-state index contributed by atoms with van der Waals surface area (Å²) in [6.45, 7) is 5.32. The largest absolute Gasteiger partial charge is 0.204 e. The molecule has 0 aliphatic heterocycles. The molecule has 0 N–H and O–H groups in total. The van der Waals surface area contributed by atoms with Crippen molar-refractivity contribution in [3.63, 3.8) is 0 Å². The Morgan fingerprint density at radius 2 is 1.71 bits per heavy atom. The molecule has 1 aromatic carbocycles. The highest BCUT2D eigenvalue weighted by Crippen LogP contribution is 2.27. The molecular weight excluding hydrogens is 182 g/mol. The van der Waals surface area contributed by atoms with Crippen molar-refractivity contribution in [2.24, 2.45) is 0 Å². The summed E-state index contributed by atoms with van der Waals surface area (Å²) < 4.78 is 25.8. The first kappa shape index (κ1) is 10.7. The van der Waals surface area contributed by atoms with Crippen LogP contribution in [0.15, 0.2) is 12.1 Å².